The van der Waals surface area contributed by atoms with Crippen LogP contribution >= 0.6 is 0 Å². The Balaban J connectivity index is 1.05. The lowest BCUT2D eigenvalue weighted by Gasteiger charge is -2.31. The summed E-state index contributed by atoms with van der Waals surface area (Å²) in [5.41, 5.74) is 21.3. The maximum atomic E-state index is 6.79. The molecule has 0 N–H and O–H groups in total. The number of anilines is 3. The fourth-order valence-electron chi connectivity index (χ4n) is 11.3. The van der Waals surface area contributed by atoms with E-state index in [2.05, 4.69) is 231 Å². The molecule has 3 nitrogen and oxygen atoms in total. The van der Waals surface area contributed by atoms with Gasteiger partial charge in [0.05, 0.1) is 27.8 Å². The van der Waals surface area contributed by atoms with Crippen LogP contribution in [0.1, 0.15) is 49.9 Å². The molecule has 0 amide bonds. The second-order valence-corrected chi connectivity index (χ2v) is 18.5. The molecule has 3 heteroatoms. The molecule has 0 radical (unpaired) electrons. The molecular formula is C60H44N2O. The van der Waals surface area contributed by atoms with Gasteiger partial charge in [0, 0.05) is 43.9 Å². The minimum absolute atomic E-state index is 0.146. The van der Waals surface area contributed by atoms with Crippen molar-refractivity contribution >= 4 is 60.8 Å². The van der Waals surface area contributed by atoms with Gasteiger partial charge in [-0.15, -0.1) is 0 Å². The summed E-state index contributed by atoms with van der Waals surface area (Å²) in [5, 5.41) is 4.67. The molecule has 63 heavy (non-hydrogen) atoms. The van der Waals surface area contributed by atoms with Gasteiger partial charge in [-0.1, -0.05) is 149 Å². The van der Waals surface area contributed by atoms with Crippen LogP contribution in [0, 0.1) is 0 Å². The van der Waals surface area contributed by atoms with Crippen molar-refractivity contribution in [2.24, 2.45) is 0 Å². The van der Waals surface area contributed by atoms with Crippen LogP contribution in [0.4, 0.5) is 17.1 Å². The van der Waals surface area contributed by atoms with Crippen LogP contribution in [0.25, 0.3) is 82.8 Å². The number of fused-ring (bicyclic) bond motifs is 12. The average Bonchev–Trinajstić information content (AvgIpc) is 4.00. The van der Waals surface area contributed by atoms with Crippen molar-refractivity contribution in [3.63, 3.8) is 0 Å². The van der Waals surface area contributed by atoms with Crippen LogP contribution < -0.4 is 4.90 Å². The summed E-state index contributed by atoms with van der Waals surface area (Å²) in [6.07, 6.45) is 0. The topological polar surface area (TPSA) is 21.3 Å². The van der Waals surface area contributed by atoms with Crippen molar-refractivity contribution < 1.29 is 4.42 Å². The van der Waals surface area contributed by atoms with E-state index in [-0.39, 0.29) is 10.8 Å². The Hall–Kier alpha value is -7.62. The van der Waals surface area contributed by atoms with Crippen LogP contribution in [0.3, 0.4) is 0 Å². The van der Waals surface area contributed by atoms with E-state index in [1.165, 1.54) is 71.9 Å². The lowest BCUT2D eigenvalue weighted by Crippen LogP contribution is -2.17. The molecule has 300 valence electrons. The third-order valence-corrected chi connectivity index (χ3v) is 14.4. The Bertz CT molecular complexity index is 3690. The molecule has 2 aliphatic carbocycles. The smallest absolute Gasteiger partial charge is 0.137 e. The van der Waals surface area contributed by atoms with E-state index < -0.39 is 0 Å². The Labute approximate surface area is 367 Å². The van der Waals surface area contributed by atoms with Crippen molar-refractivity contribution in [1.29, 1.82) is 0 Å². The molecule has 2 aliphatic rings. The normalized spacial score (nSPS) is 14.3. The number of rotatable bonds is 5. The van der Waals surface area contributed by atoms with E-state index in [4.69, 9.17) is 4.42 Å². The molecule has 2 aromatic heterocycles. The summed E-state index contributed by atoms with van der Waals surface area (Å²) < 4.78 is 9.16. The summed E-state index contributed by atoms with van der Waals surface area (Å²) in [7, 11) is 0. The minimum Gasteiger partial charge on any atom is -0.456 e. The fraction of sp³-hybridized carbons (Fsp3) is 0.100. The average molecular weight is 809 g/mol. The number of hydrogen-bond donors (Lipinski definition) is 0. The number of para-hydroxylation sites is 2. The zero-order valence-electron chi connectivity index (χ0n) is 35.8. The maximum absolute atomic E-state index is 6.79. The highest BCUT2D eigenvalue weighted by molar-refractivity contribution is 6.16. The van der Waals surface area contributed by atoms with E-state index in [1.807, 2.05) is 0 Å². The molecule has 11 aromatic rings. The van der Waals surface area contributed by atoms with E-state index in [0.29, 0.717) is 0 Å². The van der Waals surface area contributed by atoms with Crippen LogP contribution in [0.2, 0.25) is 0 Å². The van der Waals surface area contributed by atoms with Crippen LogP contribution in [0.15, 0.2) is 199 Å². The molecule has 0 fully saturated rings. The van der Waals surface area contributed by atoms with Crippen LogP contribution in [0.5, 0.6) is 0 Å². The van der Waals surface area contributed by atoms with Gasteiger partial charge in [0.2, 0.25) is 0 Å². The van der Waals surface area contributed by atoms with Crippen LogP contribution in [-0.2, 0) is 10.8 Å². The van der Waals surface area contributed by atoms with E-state index >= 15 is 0 Å². The first-order chi connectivity index (χ1) is 30.8. The molecule has 0 saturated carbocycles. The number of aromatic nitrogens is 1. The van der Waals surface area contributed by atoms with Gasteiger partial charge in [-0.25, -0.2) is 0 Å². The zero-order chi connectivity index (χ0) is 42.2. The van der Waals surface area contributed by atoms with E-state index in [0.717, 1.165) is 50.3 Å². The van der Waals surface area contributed by atoms with Crippen molar-refractivity contribution in [2.45, 2.75) is 38.5 Å². The van der Waals surface area contributed by atoms with Gasteiger partial charge in [0.15, 0.2) is 0 Å². The van der Waals surface area contributed by atoms with Gasteiger partial charge >= 0.3 is 0 Å². The zero-order valence-corrected chi connectivity index (χ0v) is 35.8. The number of hydrogen-bond acceptors (Lipinski definition) is 2. The summed E-state index contributed by atoms with van der Waals surface area (Å²) in [6.45, 7) is 9.47. The summed E-state index contributed by atoms with van der Waals surface area (Å²) in [5.74, 6) is 0. The number of furan rings is 1. The Morgan fingerprint density at radius 1 is 0.413 bits per heavy atom. The third-order valence-electron chi connectivity index (χ3n) is 14.4. The first kappa shape index (κ1) is 36.1. The molecule has 2 heterocycles. The van der Waals surface area contributed by atoms with E-state index in [9.17, 15) is 0 Å². The maximum Gasteiger partial charge on any atom is 0.137 e. The first-order valence-corrected chi connectivity index (χ1v) is 22.1. The number of benzene rings is 9. The fourth-order valence-corrected chi connectivity index (χ4v) is 11.3. The standard InChI is InChI=1S/C60H44N2O/c1-59(2)48-22-12-9-20-44(48)57-49(59)23-14-25-53(57)62(40-30-31-42-41-18-8-11-21-47(41)60(3,4)50(42)36-40)54-26-15-27-56-58(54)46-35-38(29-33-55(46)63-56)37-28-32-52-45(34-37)43-19-10-13-24-51(43)61(52)39-16-6-5-7-17-39/h5-36H,1-4H3. The Morgan fingerprint density at radius 3 is 1.87 bits per heavy atom. The van der Waals surface area contributed by atoms with E-state index in [1.54, 1.807) is 0 Å². The predicted molar refractivity (Wildman–Crippen MR) is 263 cm³/mol. The largest absolute Gasteiger partial charge is 0.456 e. The molecule has 0 atom stereocenters. The van der Waals surface area contributed by atoms with Gasteiger partial charge in [0.1, 0.15) is 11.2 Å². The van der Waals surface area contributed by atoms with Crippen molar-refractivity contribution in [2.75, 3.05) is 4.90 Å². The Kier molecular flexibility index (Phi) is 7.42. The summed E-state index contributed by atoms with van der Waals surface area (Å²) in [6, 6.07) is 71.5. The minimum atomic E-state index is -0.154. The highest BCUT2D eigenvalue weighted by atomic mass is 16.3. The number of nitrogens with zero attached hydrogens (tertiary/aromatic N) is 2. The third kappa shape index (κ3) is 5.02. The molecule has 0 spiro atoms. The lowest BCUT2D eigenvalue weighted by molar-refractivity contribution is 0.660. The van der Waals surface area contributed by atoms with Gasteiger partial charge in [-0.05, 0) is 123 Å². The van der Waals surface area contributed by atoms with Crippen molar-refractivity contribution in [3.05, 3.63) is 216 Å². The molecular weight excluding hydrogens is 765 g/mol. The van der Waals surface area contributed by atoms with Gasteiger partial charge in [-0.3, -0.25) is 0 Å². The first-order valence-electron chi connectivity index (χ1n) is 22.1. The molecule has 0 saturated heterocycles. The second-order valence-electron chi connectivity index (χ2n) is 18.5. The lowest BCUT2D eigenvalue weighted by atomic mass is 9.82. The van der Waals surface area contributed by atoms with Gasteiger partial charge in [0.25, 0.3) is 0 Å². The second kappa shape index (κ2) is 13.0. The summed E-state index contributed by atoms with van der Waals surface area (Å²) >= 11 is 0. The molecule has 13 rings (SSSR count). The predicted octanol–water partition coefficient (Wildman–Crippen LogP) is 16.4. The van der Waals surface area contributed by atoms with Crippen LogP contribution in [-0.4, -0.2) is 4.57 Å². The quantitative estimate of drug-likeness (QED) is 0.173. The molecule has 0 unspecified atom stereocenters. The Morgan fingerprint density at radius 2 is 1.03 bits per heavy atom. The van der Waals surface area contributed by atoms with Crippen molar-refractivity contribution in [3.8, 4) is 39.1 Å². The highest BCUT2D eigenvalue weighted by Crippen LogP contribution is 2.57. The van der Waals surface area contributed by atoms with Gasteiger partial charge < -0.3 is 13.9 Å². The van der Waals surface area contributed by atoms with Gasteiger partial charge in [-0.2, -0.15) is 0 Å². The molecule has 0 aliphatic heterocycles. The van der Waals surface area contributed by atoms with Crippen molar-refractivity contribution in [1.82, 2.24) is 4.57 Å². The summed E-state index contributed by atoms with van der Waals surface area (Å²) in [4.78, 5) is 2.52. The highest BCUT2D eigenvalue weighted by Gasteiger charge is 2.39. The monoisotopic (exact) mass is 808 g/mol. The molecule has 0 bridgehead atoms. The molecule has 9 aromatic carbocycles. The SMILES string of the molecule is CC1(C)c2ccccc2-c2ccc(N(c3cccc4c3-c3ccccc3C4(C)C)c3cccc4oc5ccc(-c6ccc7c(c6)c6ccccc6n7-c6ccccc6)cc5c34)cc21.